The van der Waals surface area contributed by atoms with Crippen molar-refractivity contribution in [2.45, 2.75) is 24.3 Å². The minimum atomic E-state index is -0.261. The van der Waals surface area contributed by atoms with Crippen LogP contribution in [-0.2, 0) is 10.2 Å². The van der Waals surface area contributed by atoms with E-state index in [0.717, 1.165) is 43.4 Å². The molecular weight excluding hydrogens is 373 g/mol. The maximum absolute atomic E-state index is 13.9. The minimum Gasteiger partial charge on any atom is -0.383 e. The molecule has 2 aromatic rings. The van der Waals surface area contributed by atoms with Crippen molar-refractivity contribution in [3.63, 3.8) is 0 Å². The van der Waals surface area contributed by atoms with Gasteiger partial charge in [-0.1, -0.05) is 0 Å². The van der Waals surface area contributed by atoms with Crippen LogP contribution in [0.3, 0.4) is 0 Å². The van der Waals surface area contributed by atoms with Crippen LogP contribution in [0.5, 0.6) is 0 Å². The number of methoxy groups -OCH3 is 1. The highest BCUT2D eigenvalue weighted by atomic mass is 79.9. The summed E-state index contributed by atoms with van der Waals surface area (Å²) in [6, 6.07) is 3.94. The molecular formula is C18H21BrFN3O. The average molecular weight is 394 g/mol. The largest absolute Gasteiger partial charge is 0.383 e. The second-order valence-corrected chi connectivity index (χ2v) is 7.84. The van der Waals surface area contributed by atoms with Gasteiger partial charge in [-0.3, -0.25) is 4.98 Å². The second kappa shape index (κ2) is 5.93. The lowest BCUT2D eigenvalue weighted by molar-refractivity contribution is 0.156. The molecule has 24 heavy (non-hydrogen) atoms. The molecule has 6 heteroatoms. The first-order valence-corrected chi connectivity index (χ1v) is 9.05. The van der Waals surface area contributed by atoms with Crippen molar-refractivity contribution in [1.82, 2.24) is 10.3 Å². The Balaban J connectivity index is 1.70. The topological polar surface area (TPSA) is 37.4 Å². The molecule has 1 N–H and O–H groups in total. The SMILES string of the molecule is COCCNC1CC2(C1)CN(C)c1cnc3cc(F)c(Br)cc3c12. The number of hydrogen-bond acceptors (Lipinski definition) is 4. The first-order valence-electron chi connectivity index (χ1n) is 8.26. The van der Waals surface area contributed by atoms with Crippen molar-refractivity contribution in [2.24, 2.45) is 0 Å². The summed E-state index contributed by atoms with van der Waals surface area (Å²) in [7, 11) is 3.84. The van der Waals surface area contributed by atoms with Crippen LogP contribution in [0.25, 0.3) is 10.9 Å². The number of pyridine rings is 1. The number of hydrogen-bond donors (Lipinski definition) is 1. The number of aromatic nitrogens is 1. The fraction of sp³-hybridized carbons (Fsp3) is 0.500. The van der Waals surface area contributed by atoms with Crippen molar-refractivity contribution in [2.75, 3.05) is 38.8 Å². The molecule has 0 radical (unpaired) electrons. The third kappa shape index (κ3) is 2.43. The Morgan fingerprint density at radius 2 is 2.25 bits per heavy atom. The van der Waals surface area contributed by atoms with Gasteiger partial charge in [0.1, 0.15) is 5.82 Å². The Labute approximate surface area is 149 Å². The van der Waals surface area contributed by atoms with Gasteiger partial charge in [-0.25, -0.2) is 4.39 Å². The molecule has 0 atom stereocenters. The number of nitrogens with zero attached hydrogens (tertiary/aromatic N) is 2. The summed E-state index contributed by atoms with van der Waals surface area (Å²) >= 11 is 3.33. The number of fused-ring (bicyclic) bond motifs is 4. The molecule has 4 nitrogen and oxygen atoms in total. The smallest absolute Gasteiger partial charge is 0.139 e. The monoisotopic (exact) mass is 393 g/mol. The lowest BCUT2D eigenvalue weighted by Crippen LogP contribution is -2.54. The van der Waals surface area contributed by atoms with Crippen LogP contribution >= 0.6 is 15.9 Å². The number of ether oxygens (including phenoxy) is 1. The van der Waals surface area contributed by atoms with Crippen LogP contribution < -0.4 is 10.2 Å². The van der Waals surface area contributed by atoms with E-state index >= 15 is 0 Å². The third-order valence-corrected chi connectivity index (χ3v) is 5.99. The van der Waals surface area contributed by atoms with Gasteiger partial charge < -0.3 is 15.0 Å². The second-order valence-electron chi connectivity index (χ2n) is 6.99. The van der Waals surface area contributed by atoms with Gasteiger partial charge in [-0.2, -0.15) is 0 Å². The van der Waals surface area contributed by atoms with E-state index in [2.05, 4.69) is 38.2 Å². The first-order chi connectivity index (χ1) is 11.5. The number of rotatable bonds is 4. The lowest BCUT2D eigenvalue weighted by Gasteiger charge is -2.46. The Hall–Kier alpha value is -1.24. The van der Waals surface area contributed by atoms with E-state index in [1.165, 1.54) is 17.3 Å². The molecule has 1 saturated carbocycles. The van der Waals surface area contributed by atoms with E-state index in [0.29, 0.717) is 10.5 Å². The van der Waals surface area contributed by atoms with Gasteiger partial charge in [0.05, 0.1) is 28.5 Å². The maximum atomic E-state index is 13.9. The van der Waals surface area contributed by atoms with Crippen LogP contribution in [0.15, 0.2) is 22.8 Å². The normalized spacial score (nSPS) is 25.3. The van der Waals surface area contributed by atoms with Gasteiger partial charge in [0.2, 0.25) is 0 Å². The van der Waals surface area contributed by atoms with E-state index in [1.807, 2.05) is 12.3 Å². The van der Waals surface area contributed by atoms with E-state index in [1.54, 1.807) is 7.11 Å². The van der Waals surface area contributed by atoms with Crippen molar-refractivity contribution in [3.05, 3.63) is 34.2 Å². The lowest BCUT2D eigenvalue weighted by atomic mass is 9.62. The molecule has 0 unspecified atom stereocenters. The van der Waals surface area contributed by atoms with E-state index in [4.69, 9.17) is 4.74 Å². The molecule has 1 aliphatic carbocycles. The van der Waals surface area contributed by atoms with Crippen LogP contribution in [0.2, 0.25) is 0 Å². The average Bonchev–Trinajstić information content (AvgIpc) is 2.82. The van der Waals surface area contributed by atoms with Crippen molar-refractivity contribution in [1.29, 1.82) is 0 Å². The zero-order valence-corrected chi connectivity index (χ0v) is 15.5. The molecule has 2 heterocycles. The molecule has 128 valence electrons. The quantitative estimate of drug-likeness (QED) is 0.809. The molecule has 1 aromatic heterocycles. The summed E-state index contributed by atoms with van der Waals surface area (Å²) in [5.74, 6) is -0.261. The molecule has 0 bridgehead atoms. The molecule has 1 fully saturated rings. The van der Waals surface area contributed by atoms with Gasteiger partial charge in [-0.15, -0.1) is 0 Å². The Morgan fingerprint density at radius 1 is 1.46 bits per heavy atom. The van der Waals surface area contributed by atoms with Gasteiger partial charge >= 0.3 is 0 Å². The molecule has 0 amide bonds. The predicted octanol–water partition coefficient (Wildman–Crippen LogP) is 3.22. The van der Waals surface area contributed by atoms with Crippen LogP contribution in [0.4, 0.5) is 10.1 Å². The Kier molecular flexibility index (Phi) is 4.01. The fourth-order valence-corrected chi connectivity index (χ4v) is 4.71. The van der Waals surface area contributed by atoms with Crippen molar-refractivity contribution in [3.8, 4) is 0 Å². The number of anilines is 1. The highest BCUT2D eigenvalue weighted by Crippen LogP contribution is 2.54. The number of halogens is 2. The predicted molar refractivity (Wildman–Crippen MR) is 97.2 cm³/mol. The highest BCUT2D eigenvalue weighted by molar-refractivity contribution is 9.10. The van der Waals surface area contributed by atoms with E-state index in [9.17, 15) is 4.39 Å². The van der Waals surface area contributed by atoms with Crippen LogP contribution in [-0.4, -0.2) is 44.9 Å². The molecule has 1 aliphatic heterocycles. The van der Waals surface area contributed by atoms with Crippen molar-refractivity contribution < 1.29 is 9.13 Å². The number of benzene rings is 1. The third-order valence-electron chi connectivity index (χ3n) is 5.38. The zero-order valence-electron chi connectivity index (χ0n) is 13.9. The summed E-state index contributed by atoms with van der Waals surface area (Å²) < 4.78 is 19.5. The molecule has 2 aliphatic rings. The van der Waals surface area contributed by atoms with Crippen molar-refractivity contribution >= 4 is 32.5 Å². The summed E-state index contributed by atoms with van der Waals surface area (Å²) in [5.41, 5.74) is 3.39. The van der Waals surface area contributed by atoms with E-state index in [-0.39, 0.29) is 11.2 Å². The van der Waals surface area contributed by atoms with Crippen LogP contribution in [0.1, 0.15) is 18.4 Å². The summed E-state index contributed by atoms with van der Waals surface area (Å²) in [5, 5.41) is 4.63. The van der Waals surface area contributed by atoms with Gasteiger partial charge in [0.25, 0.3) is 0 Å². The summed E-state index contributed by atoms with van der Waals surface area (Å²) in [4.78, 5) is 6.76. The van der Waals surface area contributed by atoms with E-state index < -0.39 is 0 Å². The van der Waals surface area contributed by atoms with Gasteiger partial charge in [-0.05, 0) is 40.4 Å². The standard InChI is InChI=1S/C18H21BrFN3O/c1-23-10-18(7-11(8-18)21-3-4-24-2)17-12-5-13(19)14(20)6-15(12)22-9-16(17)23/h5-6,9,11,21H,3-4,7-8,10H2,1-2H3. The molecule has 4 rings (SSSR count). The van der Waals surface area contributed by atoms with Gasteiger partial charge in [0.15, 0.2) is 0 Å². The van der Waals surface area contributed by atoms with Gasteiger partial charge in [0, 0.05) is 50.2 Å². The molecule has 1 aromatic carbocycles. The Bertz CT molecular complexity index is 791. The van der Waals surface area contributed by atoms with Crippen LogP contribution in [0, 0.1) is 5.82 Å². The molecule has 0 saturated heterocycles. The zero-order chi connectivity index (χ0) is 16.9. The fourth-order valence-electron chi connectivity index (χ4n) is 4.37. The summed E-state index contributed by atoms with van der Waals surface area (Å²) in [6.07, 6.45) is 4.09. The number of nitrogens with one attached hydrogen (secondary N) is 1. The number of likely N-dealkylation sites (N-methyl/N-ethyl adjacent to an activating group) is 1. The first kappa shape index (κ1) is 16.2. The minimum absolute atomic E-state index is 0.146. The molecule has 1 spiro atoms. The summed E-state index contributed by atoms with van der Waals surface area (Å²) in [6.45, 7) is 2.62. The Morgan fingerprint density at radius 3 is 3.00 bits per heavy atom. The highest BCUT2D eigenvalue weighted by Gasteiger charge is 2.51. The maximum Gasteiger partial charge on any atom is 0.139 e.